The van der Waals surface area contributed by atoms with Gasteiger partial charge in [-0.1, -0.05) is 18.2 Å². The first kappa shape index (κ1) is 14.9. The van der Waals surface area contributed by atoms with Gasteiger partial charge in [-0.25, -0.2) is 0 Å². The fourth-order valence-electron chi connectivity index (χ4n) is 1.99. The Bertz CT molecular complexity index is 647. The second kappa shape index (κ2) is 7.32. The molecule has 2 aromatic carbocycles. The fourth-order valence-corrected chi connectivity index (χ4v) is 1.99. The zero-order valence-electron chi connectivity index (χ0n) is 12.1. The number of ether oxygens (including phenoxy) is 3. The van der Waals surface area contributed by atoms with Crippen molar-refractivity contribution in [3.63, 3.8) is 0 Å². The Kier molecular flexibility index (Phi) is 5.19. The molecule has 0 fully saturated rings. The van der Waals surface area contributed by atoms with Crippen LogP contribution in [0, 0.1) is 11.3 Å². The Labute approximate surface area is 124 Å². The van der Waals surface area contributed by atoms with Crippen LogP contribution in [0.3, 0.4) is 0 Å². The van der Waals surface area contributed by atoms with Gasteiger partial charge in [0.15, 0.2) is 0 Å². The fraction of sp³-hybridized carbons (Fsp3) is 0.235. The lowest BCUT2D eigenvalue weighted by Crippen LogP contribution is -1.98. The van der Waals surface area contributed by atoms with Crippen molar-refractivity contribution in [2.45, 2.75) is 13.2 Å². The van der Waals surface area contributed by atoms with Gasteiger partial charge in [0.05, 0.1) is 19.3 Å². The maximum absolute atomic E-state index is 9.07. The Balaban J connectivity index is 2.06. The Morgan fingerprint density at radius 2 is 1.81 bits per heavy atom. The summed E-state index contributed by atoms with van der Waals surface area (Å²) in [5, 5.41) is 9.07. The standard InChI is InChI=1S/C17H17NO3/c1-19-11-13-4-3-5-16(9-13)21-12-14-6-7-17(20-2)15(8-14)10-18/h3-9H,11-12H2,1-2H3. The third kappa shape index (κ3) is 3.98. The van der Waals surface area contributed by atoms with Crippen LogP contribution in [-0.4, -0.2) is 14.2 Å². The molecule has 0 atom stereocenters. The van der Waals surface area contributed by atoms with Gasteiger partial charge in [-0.3, -0.25) is 0 Å². The third-order valence-electron chi connectivity index (χ3n) is 3.00. The van der Waals surface area contributed by atoms with Gasteiger partial charge in [0.1, 0.15) is 24.2 Å². The number of benzene rings is 2. The highest BCUT2D eigenvalue weighted by Gasteiger charge is 2.04. The molecule has 0 unspecified atom stereocenters. The van der Waals surface area contributed by atoms with Crippen molar-refractivity contribution in [2.24, 2.45) is 0 Å². The SMILES string of the molecule is COCc1cccc(OCc2ccc(OC)c(C#N)c2)c1. The van der Waals surface area contributed by atoms with Crippen molar-refractivity contribution in [3.05, 3.63) is 59.2 Å². The predicted octanol–water partition coefficient (Wildman–Crippen LogP) is 3.29. The molecule has 0 saturated heterocycles. The molecule has 4 heteroatoms. The monoisotopic (exact) mass is 283 g/mol. The lowest BCUT2D eigenvalue weighted by molar-refractivity contribution is 0.184. The van der Waals surface area contributed by atoms with Crippen LogP contribution in [0.15, 0.2) is 42.5 Å². The van der Waals surface area contributed by atoms with Crippen molar-refractivity contribution in [1.29, 1.82) is 5.26 Å². The summed E-state index contributed by atoms with van der Waals surface area (Å²) in [4.78, 5) is 0. The van der Waals surface area contributed by atoms with Crippen LogP contribution in [-0.2, 0) is 18.0 Å². The van der Waals surface area contributed by atoms with E-state index in [0.717, 1.165) is 16.9 Å². The number of hydrogen-bond acceptors (Lipinski definition) is 4. The maximum Gasteiger partial charge on any atom is 0.136 e. The molecule has 108 valence electrons. The Morgan fingerprint density at radius 1 is 1.00 bits per heavy atom. The van der Waals surface area contributed by atoms with Crippen molar-refractivity contribution in [3.8, 4) is 17.6 Å². The summed E-state index contributed by atoms with van der Waals surface area (Å²) >= 11 is 0. The van der Waals surface area contributed by atoms with E-state index >= 15 is 0 Å². The minimum Gasteiger partial charge on any atom is -0.495 e. The van der Waals surface area contributed by atoms with Gasteiger partial charge in [0.25, 0.3) is 0 Å². The second-order valence-electron chi connectivity index (χ2n) is 4.52. The molecule has 0 N–H and O–H groups in total. The molecule has 4 nitrogen and oxygen atoms in total. The van der Waals surface area contributed by atoms with E-state index in [1.165, 1.54) is 0 Å². The highest BCUT2D eigenvalue weighted by atomic mass is 16.5. The summed E-state index contributed by atoms with van der Waals surface area (Å²) in [7, 11) is 3.21. The van der Waals surface area contributed by atoms with E-state index in [1.807, 2.05) is 30.3 Å². The number of hydrogen-bond donors (Lipinski definition) is 0. The average Bonchev–Trinajstić information content (AvgIpc) is 2.53. The average molecular weight is 283 g/mol. The smallest absolute Gasteiger partial charge is 0.136 e. The summed E-state index contributed by atoms with van der Waals surface area (Å²) in [5.74, 6) is 1.35. The lowest BCUT2D eigenvalue weighted by Gasteiger charge is -2.09. The van der Waals surface area contributed by atoms with E-state index in [1.54, 1.807) is 26.4 Å². The van der Waals surface area contributed by atoms with Gasteiger partial charge < -0.3 is 14.2 Å². The van der Waals surface area contributed by atoms with Crippen molar-refractivity contribution < 1.29 is 14.2 Å². The second-order valence-corrected chi connectivity index (χ2v) is 4.52. The molecule has 0 bridgehead atoms. The topological polar surface area (TPSA) is 51.5 Å². The normalized spacial score (nSPS) is 9.95. The largest absolute Gasteiger partial charge is 0.495 e. The van der Waals surface area contributed by atoms with E-state index in [-0.39, 0.29) is 0 Å². The van der Waals surface area contributed by atoms with Crippen LogP contribution in [0.25, 0.3) is 0 Å². The molecular weight excluding hydrogens is 266 g/mol. The first-order valence-electron chi connectivity index (χ1n) is 6.54. The summed E-state index contributed by atoms with van der Waals surface area (Å²) in [6, 6.07) is 15.3. The number of methoxy groups -OCH3 is 2. The van der Waals surface area contributed by atoms with Crippen LogP contribution >= 0.6 is 0 Å². The first-order valence-corrected chi connectivity index (χ1v) is 6.54. The first-order chi connectivity index (χ1) is 10.3. The van der Waals surface area contributed by atoms with Gasteiger partial charge in [-0.2, -0.15) is 5.26 Å². The van der Waals surface area contributed by atoms with Gasteiger partial charge in [-0.05, 0) is 35.4 Å². The summed E-state index contributed by atoms with van der Waals surface area (Å²) in [6.45, 7) is 0.952. The van der Waals surface area contributed by atoms with E-state index < -0.39 is 0 Å². The van der Waals surface area contributed by atoms with Gasteiger partial charge in [0, 0.05) is 7.11 Å². The van der Waals surface area contributed by atoms with E-state index in [2.05, 4.69) is 6.07 Å². The molecule has 2 aromatic rings. The van der Waals surface area contributed by atoms with Crippen LogP contribution in [0.2, 0.25) is 0 Å². The van der Waals surface area contributed by atoms with Crippen molar-refractivity contribution in [1.82, 2.24) is 0 Å². The zero-order chi connectivity index (χ0) is 15.1. The molecule has 0 aliphatic rings. The summed E-state index contributed by atoms with van der Waals surface area (Å²) in [5.41, 5.74) is 2.48. The molecule has 0 aliphatic heterocycles. The molecule has 0 saturated carbocycles. The zero-order valence-corrected chi connectivity index (χ0v) is 12.1. The predicted molar refractivity (Wildman–Crippen MR) is 79.2 cm³/mol. The minimum atomic E-state index is 0.398. The van der Waals surface area contributed by atoms with E-state index in [4.69, 9.17) is 19.5 Å². The quantitative estimate of drug-likeness (QED) is 0.816. The number of nitrogens with zero attached hydrogens (tertiary/aromatic N) is 1. The highest BCUT2D eigenvalue weighted by Crippen LogP contribution is 2.20. The van der Waals surface area contributed by atoms with Crippen molar-refractivity contribution >= 4 is 0 Å². The molecular formula is C17H17NO3. The molecule has 0 radical (unpaired) electrons. The van der Waals surface area contributed by atoms with Gasteiger partial charge in [-0.15, -0.1) is 0 Å². The number of nitriles is 1. The molecule has 0 spiro atoms. The van der Waals surface area contributed by atoms with Crippen LogP contribution in [0.4, 0.5) is 0 Å². The van der Waals surface area contributed by atoms with Crippen LogP contribution in [0.5, 0.6) is 11.5 Å². The van der Waals surface area contributed by atoms with Crippen LogP contribution in [0.1, 0.15) is 16.7 Å². The summed E-state index contributed by atoms with van der Waals surface area (Å²) < 4.78 is 16.0. The third-order valence-corrected chi connectivity index (χ3v) is 3.00. The molecule has 0 aromatic heterocycles. The summed E-state index contributed by atoms with van der Waals surface area (Å²) in [6.07, 6.45) is 0. The van der Waals surface area contributed by atoms with Gasteiger partial charge >= 0.3 is 0 Å². The molecule has 0 aliphatic carbocycles. The van der Waals surface area contributed by atoms with E-state index in [0.29, 0.717) is 24.5 Å². The Morgan fingerprint density at radius 3 is 2.52 bits per heavy atom. The molecule has 21 heavy (non-hydrogen) atoms. The Hall–Kier alpha value is -2.51. The molecule has 0 amide bonds. The van der Waals surface area contributed by atoms with Gasteiger partial charge in [0.2, 0.25) is 0 Å². The highest BCUT2D eigenvalue weighted by molar-refractivity contribution is 5.45. The maximum atomic E-state index is 9.07. The lowest BCUT2D eigenvalue weighted by atomic mass is 10.1. The number of rotatable bonds is 6. The van der Waals surface area contributed by atoms with E-state index in [9.17, 15) is 0 Å². The van der Waals surface area contributed by atoms with Crippen LogP contribution < -0.4 is 9.47 Å². The molecule has 0 heterocycles. The molecule has 2 rings (SSSR count). The van der Waals surface area contributed by atoms with Crippen molar-refractivity contribution in [2.75, 3.05) is 14.2 Å². The minimum absolute atomic E-state index is 0.398.